The number of halogens is 1. The lowest BCUT2D eigenvalue weighted by atomic mass is 9.94. The number of benzene rings is 1. The summed E-state index contributed by atoms with van der Waals surface area (Å²) in [5.41, 5.74) is 1.57. The van der Waals surface area contributed by atoms with Gasteiger partial charge in [0.25, 0.3) is 5.56 Å². The Kier molecular flexibility index (Phi) is 4.80. The summed E-state index contributed by atoms with van der Waals surface area (Å²) in [6, 6.07) is 9.78. The Balaban J connectivity index is 1.24. The average molecular weight is 473 g/mol. The Bertz CT molecular complexity index is 1110. The van der Waals surface area contributed by atoms with Gasteiger partial charge in [0.15, 0.2) is 4.96 Å². The van der Waals surface area contributed by atoms with E-state index in [-0.39, 0.29) is 16.9 Å². The van der Waals surface area contributed by atoms with E-state index in [0.717, 1.165) is 59.7 Å². The number of rotatable bonds is 4. The van der Waals surface area contributed by atoms with Crippen LogP contribution in [0, 0.1) is 0 Å². The van der Waals surface area contributed by atoms with E-state index >= 15 is 0 Å². The number of carbonyl (C=O) groups excluding carboxylic acids is 1. The summed E-state index contributed by atoms with van der Waals surface area (Å²) in [7, 11) is 0. The number of thiazole rings is 1. The third-order valence-corrected chi connectivity index (χ3v) is 7.24. The number of aromatic nitrogens is 2. The second-order valence-corrected chi connectivity index (χ2v) is 9.59. The highest BCUT2D eigenvalue weighted by atomic mass is 79.9. The molecule has 3 aromatic rings. The summed E-state index contributed by atoms with van der Waals surface area (Å²) in [6.45, 7) is 3.68. The van der Waals surface area contributed by atoms with Gasteiger partial charge in [-0.25, -0.2) is 4.98 Å². The van der Waals surface area contributed by atoms with Crippen LogP contribution in [0.3, 0.4) is 0 Å². The highest BCUT2D eigenvalue weighted by Crippen LogP contribution is 2.49. The molecular formula is C21H21BrN4O2S. The van der Waals surface area contributed by atoms with Gasteiger partial charge in [-0.05, 0) is 30.5 Å². The molecular weight excluding hydrogens is 452 g/mol. The molecule has 5 rings (SSSR count). The fourth-order valence-electron chi connectivity index (χ4n) is 4.13. The Hall–Kier alpha value is -2.03. The van der Waals surface area contributed by atoms with E-state index < -0.39 is 0 Å². The van der Waals surface area contributed by atoms with Crippen LogP contribution in [0.5, 0.6) is 0 Å². The zero-order valence-corrected chi connectivity index (χ0v) is 18.3. The van der Waals surface area contributed by atoms with Gasteiger partial charge >= 0.3 is 0 Å². The van der Waals surface area contributed by atoms with Gasteiger partial charge in [0.2, 0.25) is 5.91 Å². The van der Waals surface area contributed by atoms with E-state index in [1.54, 1.807) is 16.7 Å². The number of hydrogen-bond acceptors (Lipinski definition) is 5. The van der Waals surface area contributed by atoms with Gasteiger partial charge in [-0.1, -0.05) is 28.1 Å². The molecule has 1 aliphatic carbocycles. The summed E-state index contributed by atoms with van der Waals surface area (Å²) >= 11 is 4.94. The first kappa shape index (κ1) is 19.0. The predicted molar refractivity (Wildman–Crippen MR) is 116 cm³/mol. The number of nitrogens with zero attached hydrogens (tertiary/aromatic N) is 4. The second-order valence-electron chi connectivity index (χ2n) is 7.80. The zero-order chi connectivity index (χ0) is 20.0. The first-order valence-electron chi connectivity index (χ1n) is 9.79. The van der Waals surface area contributed by atoms with E-state index in [2.05, 4.69) is 37.9 Å². The first-order chi connectivity index (χ1) is 14.0. The van der Waals surface area contributed by atoms with Gasteiger partial charge in [0, 0.05) is 54.8 Å². The van der Waals surface area contributed by atoms with Crippen LogP contribution in [0.15, 0.2) is 51.2 Å². The maximum absolute atomic E-state index is 13.2. The van der Waals surface area contributed by atoms with Crippen molar-refractivity contribution in [3.63, 3.8) is 0 Å². The highest BCUT2D eigenvalue weighted by Gasteiger charge is 2.53. The first-order valence-corrected chi connectivity index (χ1v) is 11.5. The monoisotopic (exact) mass is 472 g/mol. The minimum atomic E-state index is -0.316. The number of fused-ring (bicyclic) bond motifs is 1. The number of hydrogen-bond donors (Lipinski definition) is 0. The van der Waals surface area contributed by atoms with Crippen LogP contribution in [0.4, 0.5) is 0 Å². The third-order valence-electron chi connectivity index (χ3n) is 5.96. The van der Waals surface area contributed by atoms with Gasteiger partial charge in [-0.2, -0.15) is 0 Å². The van der Waals surface area contributed by atoms with E-state index in [4.69, 9.17) is 0 Å². The van der Waals surface area contributed by atoms with Gasteiger partial charge in [0.05, 0.1) is 11.1 Å². The van der Waals surface area contributed by atoms with Crippen LogP contribution in [-0.4, -0.2) is 51.3 Å². The Morgan fingerprint density at radius 2 is 1.86 bits per heavy atom. The molecule has 3 heterocycles. The van der Waals surface area contributed by atoms with Gasteiger partial charge in [0.1, 0.15) is 0 Å². The van der Waals surface area contributed by atoms with Crippen molar-refractivity contribution in [1.29, 1.82) is 0 Å². The van der Waals surface area contributed by atoms with Crippen LogP contribution in [-0.2, 0) is 16.8 Å². The molecule has 1 saturated carbocycles. The molecule has 6 nitrogen and oxygen atoms in total. The largest absolute Gasteiger partial charge is 0.339 e. The van der Waals surface area contributed by atoms with Crippen molar-refractivity contribution >= 4 is 38.1 Å². The van der Waals surface area contributed by atoms with Crippen molar-refractivity contribution in [2.75, 3.05) is 26.2 Å². The van der Waals surface area contributed by atoms with E-state index in [9.17, 15) is 9.59 Å². The highest BCUT2D eigenvalue weighted by molar-refractivity contribution is 9.10. The van der Waals surface area contributed by atoms with Crippen LogP contribution < -0.4 is 5.56 Å². The topological polar surface area (TPSA) is 57.9 Å². The summed E-state index contributed by atoms with van der Waals surface area (Å²) in [5, 5.41) is 1.87. The Morgan fingerprint density at radius 3 is 2.55 bits per heavy atom. The van der Waals surface area contributed by atoms with Gasteiger partial charge in [-0.15, -0.1) is 11.3 Å². The molecule has 0 bridgehead atoms. The standard InChI is InChI=1S/C21H21BrN4O2S/c22-16-3-1-15(2-4-16)21(5-6-21)19(28)25-9-7-24(8-10-25)14-17-13-18(27)26-11-12-29-20(26)23-17/h1-4,11-13H,5-10,14H2. The summed E-state index contributed by atoms with van der Waals surface area (Å²) in [4.78, 5) is 35.0. The fourth-order valence-corrected chi connectivity index (χ4v) is 5.13. The molecule has 1 aromatic carbocycles. The third kappa shape index (κ3) is 3.53. The lowest BCUT2D eigenvalue weighted by Crippen LogP contribution is -2.51. The summed E-state index contributed by atoms with van der Waals surface area (Å²) < 4.78 is 2.61. The Morgan fingerprint density at radius 1 is 1.14 bits per heavy atom. The molecule has 1 saturated heterocycles. The fraction of sp³-hybridized carbons (Fsp3) is 0.381. The molecule has 0 spiro atoms. The average Bonchev–Trinajstić information content (AvgIpc) is 3.39. The summed E-state index contributed by atoms with van der Waals surface area (Å²) in [6.07, 6.45) is 3.62. The zero-order valence-electron chi connectivity index (χ0n) is 15.9. The van der Waals surface area contributed by atoms with Crippen LogP contribution >= 0.6 is 27.3 Å². The Labute approximate surface area is 180 Å². The van der Waals surface area contributed by atoms with Gasteiger partial charge < -0.3 is 4.90 Å². The predicted octanol–water partition coefficient (Wildman–Crippen LogP) is 2.89. The van der Waals surface area contributed by atoms with Crippen LogP contribution in [0.1, 0.15) is 24.1 Å². The molecule has 2 aromatic heterocycles. The molecule has 0 radical (unpaired) electrons. The van der Waals surface area contributed by atoms with Crippen molar-refractivity contribution in [2.24, 2.45) is 0 Å². The molecule has 150 valence electrons. The maximum Gasteiger partial charge on any atom is 0.258 e. The summed E-state index contributed by atoms with van der Waals surface area (Å²) in [5.74, 6) is 0.260. The van der Waals surface area contributed by atoms with Crippen molar-refractivity contribution in [2.45, 2.75) is 24.8 Å². The number of carbonyl (C=O) groups is 1. The molecule has 29 heavy (non-hydrogen) atoms. The minimum absolute atomic E-state index is 0.0368. The second kappa shape index (κ2) is 7.34. The van der Waals surface area contributed by atoms with Crippen LogP contribution in [0.2, 0.25) is 0 Å². The molecule has 0 atom stereocenters. The molecule has 0 unspecified atom stereocenters. The van der Waals surface area contributed by atoms with E-state index in [1.807, 2.05) is 22.4 Å². The number of piperazine rings is 1. The number of amides is 1. The molecule has 1 aliphatic heterocycles. The quantitative estimate of drug-likeness (QED) is 0.585. The van der Waals surface area contributed by atoms with Crippen molar-refractivity contribution < 1.29 is 4.79 Å². The maximum atomic E-state index is 13.2. The van der Waals surface area contributed by atoms with Crippen LogP contribution in [0.25, 0.3) is 4.96 Å². The lowest BCUT2D eigenvalue weighted by Gasteiger charge is -2.36. The van der Waals surface area contributed by atoms with Crippen molar-refractivity contribution in [1.82, 2.24) is 19.2 Å². The lowest BCUT2D eigenvalue weighted by molar-refractivity contribution is -0.135. The molecule has 1 amide bonds. The van der Waals surface area contributed by atoms with E-state index in [0.29, 0.717) is 6.54 Å². The van der Waals surface area contributed by atoms with Crippen molar-refractivity contribution in [3.05, 3.63) is 68.0 Å². The molecule has 2 aliphatic rings. The van der Waals surface area contributed by atoms with Gasteiger partial charge in [-0.3, -0.25) is 18.9 Å². The van der Waals surface area contributed by atoms with Crippen molar-refractivity contribution in [3.8, 4) is 0 Å². The molecule has 0 N–H and O–H groups in total. The molecule has 2 fully saturated rings. The smallest absolute Gasteiger partial charge is 0.258 e. The van der Waals surface area contributed by atoms with E-state index in [1.165, 1.54) is 11.3 Å². The normalized spacial score (nSPS) is 18.9. The SMILES string of the molecule is O=C(N1CCN(Cc2cc(=O)n3ccsc3n2)CC1)C1(c2ccc(Br)cc2)CC1. The minimum Gasteiger partial charge on any atom is -0.339 e. The molecule has 8 heteroatoms.